The number of quaternary nitrogens is 1. The molecule has 1 aromatic rings. The van der Waals surface area contributed by atoms with E-state index in [4.69, 9.17) is 9.84 Å². The van der Waals surface area contributed by atoms with Crippen molar-refractivity contribution in [3.8, 4) is 0 Å². The Labute approximate surface area is 113 Å². The molecule has 0 aliphatic carbocycles. The second-order valence-electron chi connectivity index (χ2n) is 4.65. The molecule has 0 N–H and O–H groups in total. The van der Waals surface area contributed by atoms with Crippen LogP contribution in [0.2, 0.25) is 0 Å². The predicted octanol–water partition coefficient (Wildman–Crippen LogP) is 2.85. The molecule has 0 spiro atoms. The van der Waals surface area contributed by atoms with Gasteiger partial charge >= 0.3 is 5.97 Å². The number of allylic oxidation sites excluding steroid dienone is 1. The molecule has 100 valence electrons. The number of rotatable bonds is 3. The largest absolute Gasteiger partial charge is 0.465 e. The molecule has 4 heteroatoms. The van der Waals surface area contributed by atoms with Crippen molar-refractivity contribution in [2.24, 2.45) is 5.10 Å². The molecule has 2 rings (SSSR count). The summed E-state index contributed by atoms with van der Waals surface area (Å²) in [6, 6.07) is 9.95. The Bertz CT molecular complexity index is 561. The van der Waals surface area contributed by atoms with Gasteiger partial charge in [-0.3, -0.25) is 0 Å². The zero-order valence-electron chi connectivity index (χ0n) is 11.8. The standard InChI is InChI=1S/C15H19N2O2/c1-5-13-14(15(18)19-4)11(2)17(3,16-13)12-9-7-6-8-10-12/h6-10H,5H2,1-4H3/q+1. The number of esters is 1. The van der Waals surface area contributed by atoms with Crippen LogP contribution in [0.15, 0.2) is 46.7 Å². The van der Waals surface area contributed by atoms with Crippen LogP contribution in [0.1, 0.15) is 20.3 Å². The van der Waals surface area contributed by atoms with Gasteiger partial charge in [-0.25, -0.2) is 4.79 Å². The number of hydrogen-bond donors (Lipinski definition) is 0. The zero-order valence-corrected chi connectivity index (χ0v) is 11.8. The lowest BCUT2D eigenvalue weighted by Gasteiger charge is -2.24. The monoisotopic (exact) mass is 259 g/mol. The van der Waals surface area contributed by atoms with Crippen LogP contribution in [0.3, 0.4) is 0 Å². The summed E-state index contributed by atoms with van der Waals surface area (Å²) in [4.78, 5) is 11.9. The predicted molar refractivity (Wildman–Crippen MR) is 76.6 cm³/mol. The minimum Gasteiger partial charge on any atom is -0.465 e. The van der Waals surface area contributed by atoms with Gasteiger partial charge < -0.3 is 4.74 Å². The Morgan fingerprint density at radius 1 is 1.32 bits per heavy atom. The topological polar surface area (TPSA) is 38.7 Å². The molecule has 0 aromatic heterocycles. The van der Waals surface area contributed by atoms with Crippen LogP contribution < -0.4 is 4.59 Å². The van der Waals surface area contributed by atoms with Crippen LogP contribution in [0.5, 0.6) is 0 Å². The number of nitrogens with zero attached hydrogens (tertiary/aromatic N) is 2. The summed E-state index contributed by atoms with van der Waals surface area (Å²) in [6.07, 6.45) is 0.711. The lowest BCUT2D eigenvalue weighted by Crippen LogP contribution is -2.35. The lowest BCUT2D eigenvalue weighted by molar-refractivity contribution is -0.135. The van der Waals surface area contributed by atoms with Crippen molar-refractivity contribution in [1.29, 1.82) is 0 Å². The molecule has 0 bridgehead atoms. The molecule has 1 aliphatic rings. The van der Waals surface area contributed by atoms with Gasteiger partial charge in [0.2, 0.25) is 0 Å². The Morgan fingerprint density at radius 3 is 2.47 bits per heavy atom. The van der Waals surface area contributed by atoms with Crippen LogP contribution in [0.4, 0.5) is 5.69 Å². The van der Waals surface area contributed by atoms with Crippen LogP contribution in [0.25, 0.3) is 0 Å². The molecule has 0 saturated carbocycles. The summed E-state index contributed by atoms with van der Waals surface area (Å²) in [5, 5.41) is 4.72. The van der Waals surface area contributed by atoms with Crippen molar-refractivity contribution in [3.05, 3.63) is 41.6 Å². The van der Waals surface area contributed by atoms with Crippen molar-refractivity contribution in [1.82, 2.24) is 4.59 Å². The molecule has 0 amide bonds. The molecule has 0 radical (unpaired) electrons. The second kappa shape index (κ2) is 4.97. The summed E-state index contributed by atoms with van der Waals surface area (Å²) in [5.41, 5.74) is 3.34. The first kappa shape index (κ1) is 13.5. The highest BCUT2D eigenvalue weighted by atomic mass is 16.5. The summed E-state index contributed by atoms with van der Waals surface area (Å²) >= 11 is 0. The fourth-order valence-electron chi connectivity index (χ4n) is 2.38. The van der Waals surface area contributed by atoms with Gasteiger partial charge in [0.15, 0.2) is 11.4 Å². The fourth-order valence-corrected chi connectivity index (χ4v) is 2.38. The van der Waals surface area contributed by atoms with Crippen molar-refractivity contribution in [3.63, 3.8) is 0 Å². The number of methoxy groups -OCH3 is 1. The number of para-hydroxylation sites is 1. The Morgan fingerprint density at radius 2 is 1.95 bits per heavy atom. The van der Waals surface area contributed by atoms with Crippen LogP contribution in [-0.2, 0) is 9.53 Å². The molecule has 1 heterocycles. The molecule has 1 aliphatic heterocycles. The number of hydrogen-bond acceptors (Lipinski definition) is 3. The Balaban J connectivity index is 2.58. The van der Waals surface area contributed by atoms with E-state index in [1.165, 1.54) is 7.11 Å². The highest BCUT2D eigenvalue weighted by Crippen LogP contribution is 2.35. The average molecular weight is 259 g/mol. The molecule has 1 unspecified atom stereocenters. The summed E-state index contributed by atoms with van der Waals surface area (Å²) in [7, 11) is 3.39. The molecular weight excluding hydrogens is 240 g/mol. The van der Waals surface area contributed by atoms with E-state index in [9.17, 15) is 4.79 Å². The van der Waals surface area contributed by atoms with E-state index in [-0.39, 0.29) is 10.6 Å². The SMILES string of the molecule is CCC1=N[N+](C)(c2ccccc2)C(C)=C1C(=O)OC. The van der Waals surface area contributed by atoms with Gasteiger partial charge in [0, 0.05) is 19.1 Å². The first-order valence-corrected chi connectivity index (χ1v) is 6.36. The van der Waals surface area contributed by atoms with Crippen LogP contribution in [-0.4, -0.2) is 25.8 Å². The van der Waals surface area contributed by atoms with Gasteiger partial charge in [0.05, 0.1) is 7.11 Å². The van der Waals surface area contributed by atoms with E-state index in [1.54, 1.807) is 0 Å². The van der Waals surface area contributed by atoms with Gasteiger partial charge in [-0.15, -0.1) is 4.59 Å². The van der Waals surface area contributed by atoms with E-state index < -0.39 is 0 Å². The molecular formula is C15H19N2O2+. The third-order valence-corrected chi connectivity index (χ3v) is 3.61. The van der Waals surface area contributed by atoms with E-state index in [1.807, 2.05) is 51.2 Å². The van der Waals surface area contributed by atoms with E-state index in [0.29, 0.717) is 12.0 Å². The number of benzene rings is 1. The Kier molecular flexibility index (Phi) is 3.53. The Hall–Kier alpha value is -1.94. The fraction of sp³-hybridized carbons (Fsp3) is 0.333. The normalized spacial score (nSPS) is 22.4. The van der Waals surface area contributed by atoms with Gasteiger partial charge in [-0.05, 0) is 6.42 Å². The number of ether oxygens (including phenoxy) is 1. The van der Waals surface area contributed by atoms with E-state index in [0.717, 1.165) is 17.1 Å². The maximum absolute atomic E-state index is 11.9. The van der Waals surface area contributed by atoms with Crippen molar-refractivity contribution < 1.29 is 9.53 Å². The van der Waals surface area contributed by atoms with Gasteiger partial charge in [-0.2, -0.15) is 0 Å². The van der Waals surface area contributed by atoms with Crippen LogP contribution in [0, 0.1) is 0 Å². The number of carbonyl (C=O) groups excluding carboxylic acids is 1. The highest BCUT2D eigenvalue weighted by molar-refractivity contribution is 6.21. The molecule has 1 atom stereocenters. The maximum atomic E-state index is 11.9. The molecule has 1 aromatic carbocycles. The van der Waals surface area contributed by atoms with E-state index in [2.05, 4.69) is 0 Å². The maximum Gasteiger partial charge on any atom is 0.345 e. The van der Waals surface area contributed by atoms with Gasteiger partial charge in [0.1, 0.15) is 18.3 Å². The summed E-state index contributed by atoms with van der Waals surface area (Å²) in [6.45, 7) is 3.93. The van der Waals surface area contributed by atoms with Crippen molar-refractivity contribution in [2.45, 2.75) is 20.3 Å². The van der Waals surface area contributed by atoms with Crippen LogP contribution >= 0.6 is 0 Å². The van der Waals surface area contributed by atoms with Crippen molar-refractivity contribution >= 4 is 17.4 Å². The first-order chi connectivity index (χ1) is 9.04. The molecule has 4 nitrogen and oxygen atoms in total. The molecule has 19 heavy (non-hydrogen) atoms. The molecule has 0 fully saturated rings. The van der Waals surface area contributed by atoms with E-state index >= 15 is 0 Å². The first-order valence-electron chi connectivity index (χ1n) is 6.36. The third-order valence-electron chi connectivity index (χ3n) is 3.61. The second-order valence-corrected chi connectivity index (χ2v) is 4.65. The molecule has 0 saturated heterocycles. The smallest absolute Gasteiger partial charge is 0.345 e. The quantitative estimate of drug-likeness (QED) is 0.618. The van der Waals surface area contributed by atoms with Crippen molar-refractivity contribution in [2.75, 3.05) is 14.2 Å². The minimum atomic E-state index is -0.309. The highest BCUT2D eigenvalue weighted by Gasteiger charge is 2.41. The number of carbonyl (C=O) groups is 1. The zero-order chi connectivity index (χ0) is 14.0. The summed E-state index contributed by atoms with van der Waals surface area (Å²) in [5.74, 6) is -0.309. The lowest BCUT2D eigenvalue weighted by atomic mass is 10.1. The average Bonchev–Trinajstić information content (AvgIpc) is 2.72. The van der Waals surface area contributed by atoms with Gasteiger partial charge in [0.25, 0.3) is 0 Å². The third kappa shape index (κ3) is 2.08. The summed E-state index contributed by atoms with van der Waals surface area (Å²) < 4.78 is 5.16. The van der Waals surface area contributed by atoms with Gasteiger partial charge in [-0.1, -0.05) is 30.2 Å². The minimum absolute atomic E-state index is 0.286.